The Kier molecular flexibility index (Phi) is 2.87. The van der Waals surface area contributed by atoms with Crippen molar-refractivity contribution in [1.82, 2.24) is 0 Å². The summed E-state index contributed by atoms with van der Waals surface area (Å²) in [6, 6.07) is 5.97. The molecule has 0 saturated heterocycles. The first-order chi connectivity index (χ1) is 6.15. The first-order valence-electron chi connectivity index (χ1n) is 3.36. The van der Waals surface area contributed by atoms with E-state index in [1.54, 1.807) is 0 Å². The van der Waals surface area contributed by atoms with Crippen molar-refractivity contribution in [2.45, 2.75) is 0 Å². The number of carbonyl (C=O) groups is 1. The number of carboxylic acids is 1. The fraction of sp³-hybridized carbons (Fsp3) is 0. The maximum atomic E-state index is 10.5. The molecule has 0 atom stereocenters. The molecule has 0 aliphatic carbocycles. The van der Waals surface area contributed by atoms with Gasteiger partial charge >= 0.3 is 5.97 Å². The van der Waals surface area contributed by atoms with Crippen LogP contribution >= 0.6 is 11.6 Å². The van der Waals surface area contributed by atoms with Crippen molar-refractivity contribution < 1.29 is 15.1 Å². The van der Waals surface area contributed by atoms with Gasteiger partial charge < -0.3 is 10.3 Å². The Morgan fingerprint density at radius 3 is 2.23 bits per heavy atom. The van der Waals surface area contributed by atoms with Gasteiger partial charge in [0, 0.05) is 10.6 Å². The molecule has 1 aromatic rings. The van der Waals surface area contributed by atoms with E-state index in [0.717, 1.165) is 0 Å². The van der Waals surface area contributed by atoms with Crippen molar-refractivity contribution in [2.75, 3.05) is 0 Å². The van der Waals surface area contributed by atoms with E-state index in [9.17, 15) is 4.79 Å². The molecule has 1 rings (SSSR count). The molecular formula is C8H6ClNO3. The van der Waals surface area contributed by atoms with Crippen LogP contribution in [-0.4, -0.2) is 22.0 Å². The van der Waals surface area contributed by atoms with Crippen LogP contribution in [0.25, 0.3) is 0 Å². The molecule has 0 aromatic heterocycles. The van der Waals surface area contributed by atoms with E-state index in [4.69, 9.17) is 21.9 Å². The Balaban J connectivity index is 3.07. The highest BCUT2D eigenvalue weighted by Crippen LogP contribution is 2.10. The van der Waals surface area contributed by atoms with Crippen LogP contribution in [0.3, 0.4) is 0 Å². The maximum absolute atomic E-state index is 10.5. The molecule has 1 aromatic carbocycles. The van der Waals surface area contributed by atoms with Crippen molar-refractivity contribution in [3.8, 4) is 0 Å². The van der Waals surface area contributed by atoms with Crippen molar-refractivity contribution in [3.63, 3.8) is 0 Å². The van der Waals surface area contributed by atoms with Crippen molar-refractivity contribution in [2.24, 2.45) is 5.16 Å². The van der Waals surface area contributed by atoms with Crippen LogP contribution in [0.2, 0.25) is 5.02 Å². The Morgan fingerprint density at radius 2 is 1.85 bits per heavy atom. The van der Waals surface area contributed by atoms with Gasteiger partial charge in [-0.3, -0.25) is 0 Å². The van der Waals surface area contributed by atoms with Crippen LogP contribution < -0.4 is 0 Å². The van der Waals surface area contributed by atoms with Crippen LogP contribution in [-0.2, 0) is 4.79 Å². The molecular weight excluding hydrogens is 194 g/mol. The summed E-state index contributed by atoms with van der Waals surface area (Å²) >= 11 is 5.59. The van der Waals surface area contributed by atoms with Crippen molar-refractivity contribution >= 4 is 23.3 Å². The minimum Gasteiger partial charge on any atom is -0.476 e. The molecule has 0 heterocycles. The summed E-state index contributed by atoms with van der Waals surface area (Å²) in [5.74, 6) is -1.29. The van der Waals surface area contributed by atoms with Crippen molar-refractivity contribution in [1.29, 1.82) is 0 Å². The van der Waals surface area contributed by atoms with Gasteiger partial charge in [-0.05, 0) is 12.1 Å². The normalized spacial score (nSPS) is 11.3. The zero-order valence-corrected chi connectivity index (χ0v) is 7.19. The van der Waals surface area contributed by atoms with E-state index < -0.39 is 11.7 Å². The highest BCUT2D eigenvalue weighted by molar-refractivity contribution is 6.42. The number of aliphatic carboxylic acids is 1. The summed E-state index contributed by atoms with van der Waals surface area (Å²) < 4.78 is 0. The van der Waals surface area contributed by atoms with Gasteiger partial charge in [0.25, 0.3) is 0 Å². The van der Waals surface area contributed by atoms with Gasteiger partial charge in [0.2, 0.25) is 0 Å². The van der Waals surface area contributed by atoms with Gasteiger partial charge in [-0.15, -0.1) is 0 Å². The van der Waals surface area contributed by atoms with Gasteiger partial charge in [0.05, 0.1) is 0 Å². The van der Waals surface area contributed by atoms with Crippen LogP contribution in [0.15, 0.2) is 29.4 Å². The van der Waals surface area contributed by atoms with Gasteiger partial charge in [-0.1, -0.05) is 28.9 Å². The quantitative estimate of drug-likeness (QED) is 0.432. The van der Waals surface area contributed by atoms with E-state index in [1.165, 1.54) is 24.3 Å². The highest BCUT2D eigenvalue weighted by Gasteiger charge is 2.12. The third kappa shape index (κ3) is 2.19. The van der Waals surface area contributed by atoms with Gasteiger partial charge in [-0.2, -0.15) is 0 Å². The molecule has 2 N–H and O–H groups in total. The smallest absolute Gasteiger partial charge is 0.358 e. The average Bonchev–Trinajstić information content (AvgIpc) is 2.09. The molecule has 0 saturated carbocycles. The number of nitrogens with zero attached hydrogens (tertiary/aromatic N) is 1. The molecule has 0 fully saturated rings. The maximum Gasteiger partial charge on any atom is 0.358 e. The monoisotopic (exact) mass is 199 g/mol. The number of hydrogen-bond acceptors (Lipinski definition) is 3. The first-order valence-corrected chi connectivity index (χ1v) is 3.74. The lowest BCUT2D eigenvalue weighted by atomic mass is 10.1. The van der Waals surface area contributed by atoms with E-state index in [1.807, 2.05) is 0 Å². The Morgan fingerprint density at radius 1 is 1.31 bits per heavy atom. The van der Waals surface area contributed by atoms with E-state index in [-0.39, 0.29) is 0 Å². The standard InChI is InChI=1S/C8H6ClNO3/c9-6-3-1-5(2-4-6)7(10-13)8(11)12/h1-4,13H,(H,11,12). The van der Waals surface area contributed by atoms with Crippen LogP contribution in [0.5, 0.6) is 0 Å². The SMILES string of the molecule is O=C(O)C(=NO)c1ccc(Cl)cc1. The predicted molar refractivity (Wildman–Crippen MR) is 47.4 cm³/mol. The number of benzene rings is 1. The molecule has 0 aliphatic rings. The molecule has 0 amide bonds. The van der Waals surface area contributed by atoms with E-state index in [2.05, 4.69) is 5.16 Å². The Labute approximate surface area is 79.1 Å². The average molecular weight is 200 g/mol. The highest BCUT2D eigenvalue weighted by atomic mass is 35.5. The van der Waals surface area contributed by atoms with Crippen molar-refractivity contribution in [3.05, 3.63) is 34.9 Å². The fourth-order valence-electron chi connectivity index (χ4n) is 0.832. The summed E-state index contributed by atoms with van der Waals surface area (Å²) in [7, 11) is 0. The second-order valence-electron chi connectivity index (χ2n) is 2.26. The van der Waals surface area contributed by atoms with Gasteiger partial charge in [0.1, 0.15) is 0 Å². The lowest BCUT2D eigenvalue weighted by molar-refractivity contribution is -0.129. The zero-order valence-electron chi connectivity index (χ0n) is 6.44. The zero-order chi connectivity index (χ0) is 9.84. The van der Waals surface area contributed by atoms with Crippen LogP contribution in [0, 0.1) is 0 Å². The molecule has 13 heavy (non-hydrogen) atoms. The minimum absolute atomic E-state index is 0.305. The summed E-state index contributed by atoms with van der Waals surface area (Å²) in [5.41, 5.74) is -0.101. The number of oxime groups is 1. The number of carboxylic acid groups (broad SMARTS) is 1. The summed E-state index contributed by atoms with van der Waals surface area (Å²) in [6.07, 6.45) is 0. The molecule has 0 aliphatic heterocycles. The Bertz CT molecular complexity index is 345. The number of halogens is 1. The third-order valence-electron chi connectivity index (χ3n) is 1.42. The summed E-state index contributed by atoms with van der Waals surface area (Å²) in [6.45, 7) is 0. The minimum atomic E-state index is -1.29. The van der Waals surface area contributed by atoms with Gasteiger partial charge in [-0.25, -0.2) is 4.79 Å². The molecule has 4 nitrogen and oxygen atoms in total. The molecule has 0 unspecified atom stereocenters. The third-order valence-corrected chi connectivity index (χ3v) is 1.67. The lowest BCUT2D eigenvalue weighted by Crippen LogP contribution is -2.14. The fourth-order valence-corrected chi connectivity index (χ4v) is 0.958. The second kappa shape index (κ2) is 3.91. The molecule has 0 spiro atoms. The second-order valence-corrected chi connectivity index (χ2v) is 2.70. The largest absolute Gasteiger partial charge is 0.476 e. The molecule has 0 bridgehead atoms. The lowest BCUT2D eigenvalue weighted by Gasteiger charge is -1.98. The van der Waals surface area contributed by atoms with E-state index in [0.29, 0.717) is 10.6 Å². The predicted octanol–water partition coefficient (Wildman–Crippen LogP) is 1.60. The summed E-state index contributed by atoms with van der Waals surface area (Å²) in [5, 5.41) is 20.1. The number of rotatable bonds is 2. The Hall–Kier alpha value is -1.55. The van der Waals surface area contributed by atoms with Crippen LogP contribution in [0.4, 0.5) is 0 Å². The first kappa shape index (κ1) is 9.54. The molecule has 5 heteroatoms. The molecule has 68 valence electrons. The number of hydrogen-bond donors (Lipinski definition) is 2. The topological polar surface area (TPSA) is 69.9 Å². The van der Waals surface area contributed by atoms with E-state index >= 15 is 0 Å². The molecule has 0 radical (unpaired) electrons. The summed E-state index contributed by atoms with van der Waals surface area (Å²) in [4.78, 5) is 10.5. The van der Waals surface area contributed by atoms with Gasteiger partial charge in [0.15, 0.2) is 5.71 Å². The van der Waals surface area contributed by atoms with Crippen LogP contribution in [0.1, 0.15) is 5.56 Å².